The summed E-state index contributed by atoms with van der Waals surface area (Å²) in [5, 5.41) is 1.14. The summed E-state index contributed by atoms with van der Waals surface area (Å²) in [4.78, 5) is 9.98. The van der Waals surface area contributed by atoms with Crippen LogP contribution in [0.4, 0.5) is 6.01 Å². The van der Waals surface area contributed by atoms with E-state index in [4.69, 9.17) is 9.15 Å². The molecule has 1 saturated heterocycles. The number of morpholine rings is 1. The fourth-order valence-electron chi connectivity index (χ4n) is 3.20. The molecular formula is C21H17N3O2. The van der Waals surface area contributed by atoms with Gasteiger partial charge >= 0.3 is 0 Å². The highest BCUT2D eigenvalue weighted by Gasteiger charge is 2.17. The van der Waals surface area contributed by atoms with Gasteiger partial charge in [0.05, 0.1) is 18.8 Å². The van der Waals surface area contributed by atoms with Gasteiger partial charge in [0.15, 0.2) is 5.58 Å². The maximum absolute atomic E-state index is 5.88. The minimum atomic E-state index is 0.657. The zero-order valence-electron chi connectivity index (χ0n) is 14.2. The molecule has 0 amide bonds. The number of fused-ring (bicyclic) bond motifs is 2. The van der Waals surface area contributed by atoms with Crippen LogP contribution in [0.5, 0.6) is 0 Å². The van der Waals surface area contributed by atoms with Crippen molar-refractivity contribution in [2.45, 2.75) is 0 Å². The Morgan fingerprint density at radius 2 is 1.92 bits per heavy atom. The van der Waals surface area contributed by atoms with E-state index in [9.17, 15) is 0 Å². The monoisotopic (exact) mass is 343 g/mol. The molecule has 0 aliphatic carbocycles. The second kappa shape index (κ2) is 6.25. The van der Waals surface area contributed by atoms with Crippen LogP contribution < -0.4 is 4.90 Å². The average Bonchev–Trinajstić information content (AvgIpc) is 3.31. The molecule has 2 aromatic carbocycles. The first-order chi connectivity index (χ1) is 12.9. The first-order valence-corrected chi connectivity index (χ1v) is 8.68. The number of benzene rings is 2. The Morgan fingerprint density at radius 3 is 2.85 bits per heavy atom. The smallest absolute Gasteiger partial charge is 0.298 e. The molecule has 2 aromatic heterocycles. The summed E-state index contributed by atoms with van der Waals surface area (Å²) in [6.45, 7) is 3.03. The van der Waals surface area contributed by atoms with Gasteiger partial charge in [0.1, 0.15) is 5.52 Å². The predicted molar refractivity (Wildman–Crippen MR) is 101 cm³/mol. The van der Waals surface area contributed by atoms with E-state index in [1.165, 1.54) is 0 Å². The highest BCUT2D eigenvalue weighted by Crippen LogP contribution is 2.23. The third-order valence-corrected chi connectivity index (χ3v) is 4.59. The zero-order chi connectivity index (χ0) is 17.3. The molecule has 0 atom stereocenters. The van der Waals surface area contributed by atoms with E-state index in [0.29, 0.717) is 19.2 Å². The molecule has 1 fully saturated rings. The van der Waals surface area contributed by atoms with Gasteiger partial charge in [0, 0.05) is 35.8 Å². The number of anilines is 1. The van der Waals surface area contributed by atoms with Crippen LogP contribution in [0.2, 0.25) is 0 Å². The lowest BCUT2D eigenvalue weighted by atomic mass is 10.1. The highest BCUT2D eigenvalue weighted by atomic mass is 16.5. The van der Waals surface area contributed by atoms with Gasteiger partial charge in [-0.1, -0.05) is 30.0 Å². The Morgan fingerprint density at radius 1 is 1.04 bits per heavy atom. The number of hydrogen-bond donors (Lipinski definition) is 1. The zero-order valence-corrected chi connectivity index (χ0v) is 14.2. The fourth-order valence-corrected chi connectivity index (χ4v) is 3.20. The molecule has 3 heterocycles. The Labute approximate surface area is 150 Å². The van der Waals surface area contributed by atoms with Crippen LogP contribution in [0, 0.1) is 11.8 Å². The maximum atomic E-state index is 5.88. The van der Waals surface area contributed by atoms with Crippen LogP contribution in [0.3, 0.4) is 0 Å². The van der Waals surface area contributed by atoms with Crippen molar-refractivity contribution in [2.24, 2.45) is 0 Å². The molecule has 5 rings (SSSR count). The van der Waals surface area contributed by atoms with Crippen molar-refractivity contribution in [2.75, 3.05) is 31.2 Å². The highest BCUT2D eigenvalue weighted by molar-refractivity contribution is 5.86. The first kappa shape index (κ1) is 15.1. The molecule has 5 heteroatoms. The van der Waals surface area contributed by atoms with Crippen molar-refractivity contribution in [3.05, 3.63) is 59.8 Å². The largest absolute Gasteiger partial charge is 0.423 e. The van der Waals surface area contributed by atoms with Crippen molar-refractivity contribution in [1.29, 1.82) is 0 Å². The van der Waals surface area contributed by atoms with E-state index in [0.717, 1.165) is 46.2 Å². The van der Waals surface area contributed by atoms with Gasteiger partial charge in [-0.2, -0.15) is 4.98 Å². The molecule has 0 spiro atoms. The standard InChI is InChI=1S/C21H17N3O2/c1-2-4-18-17(3-1)16(14-22-18)7-5-15-6-8-20-19(13-15)23-21(26-20)24-9-11-25-12-10-24/h1-4,6,8,13-14,22H,9-12H2. The van der Waals surface area contributed by atoms with Gasteiger partial charge in [-0.25, -0.2) is 0 Å². The summed E-state index contributed by atoms with van der Waals surface area (Å²) in [6.07, 6.45) is 1.95. The quantitative estimate of drug-likeness (QED) is 0.537. The lowest BCUT2D eigenvalue weighted by molar-refractivity contribution is 0.120. The van der Waals surface area contributed by atoms with Crippen molar-refractivity contribution in [3.63, 3.8) is 0 Å². The molecule has 1 aliphatic heterocycles. The van der Waals surface area contributed by atoms with E-state index in [1.54, 1.807) is 0 Å². The van der Waals surface area contributed by atoms with Crippen LogP contribution in [0.25, 0.3) is 22.0 Å². The number of oxazole rings is 1. The van der Waals surface area contributed by atoms with Gasteiger partial charge in [-0.3, -0.25) is 0 Å². The molecule has 26 heavy (non-hydrogen) atoms. The SMILES string of the molecule is C(#Cc1c[nH]c2ccccc12)c1ccc2oc(N3CCOCC3)nc2c1. The minimum absolute atomic E-state index is 0.657. The Kier molecular flexibility index (Phi) is 3.62. The molecule has 4 aromatic rings. The van der Waals surface area contributed by atoms with Gasteiger partial charge in [-0.15, -0.1) is 0 Å². The van der Waals surface area contributed by atoms with Crippen LogP contribution in [-0.2, 0) is 4.74 Å². The number of para-hydroxylation sites is 1. The summed E-state index contributed by atoms with van der Waals surface area (Å²) >= 11 is 0. The normalized spacial score (nSPS) is 14.5. The van der Waals surface area contributed by atoms with Crippen LogP contribution in [0.15, 0.2) is 53.1 Å². The second-order valence-corrected chi connectivity index (χ2v) is 6.28. The minimum Gasteiger partial charge on any atom is -0.423 e. The summed E-state index contributed by atoms with van der Waals surface area (Å²) in [5.41, 5.74) is 4.62. The van der Waals surface area contributed by atoms with Gasteiger partial charge in [0.2, 0.25) is 0 Å². The summed E-state index contributed by atoms with van der Waals surface area (Å²) in [6, 6.07) is 14.7. The van der Waals surface area contributed by atoms with Crippen LogP contribution in [-0.4, -0.2) is 36.3 Å². The van der Waals surface area contributed by atoms with Crippen molar-refractivity contribution < 1.29 is 9.15 Å². The second-order valence-electron chi connectivity index (χ2n) is 6.28. The van der Waals surface area contributed by atoms with Crippen LogP contribution in [0.1, 0.15) is 11.1 Å². The molecule has 0 radical (unpaired) electrons. The Hall–Kier alpha value is -3.23. The molecule has 1 N–H and O–H groups in total. The molecule has 0 saturated carbocycles. The first-order valence-electron chi connectivity index (χ1n) is 8.68. The molecule has 5 nitrogen and oxygen atoms in total. The van der Waals surface area contributed by atoms with Crippen molar-refractivity contribution in [1.82, 2.24) is 9.97 Å². The molecule has 1 aliphatic rings. The third-order valence-electron chi connectivity index (χ3n) is 4.59. The number of aromatic nitrogens is 2. The van der Waals surface area contributed by atoms with E-state index in [2.05, 4.69) is 38.8 Å². The summed E-state index contributed by atoms with van der Waals surface area (Å²) in [7, 11) is 0. The third kappa shape index (κ3) is 2.71. The Bertz CT molecular complexity index is 1140. The van der Waals surface area contributed by atoms with Gasteiger partial charge in [0.25, 0.3) is 6.01 Å². The van der Waals surface area contributed by atoms with E-state index in [1.807, 2.05) is 36.5 Å². The number of ether oxygens (including phenoxy) is 1. The molecular weight excluding hydrogens is 326 g/mol. The number of hydrogen-bond acceptors (Lipinski definition) is 4. The molecule has 0 bridgehead atoms. The number of rotatable bonds is 1. The van der Waals surface area contributed by atoms with E-state index < -0.39 is 0 Å². The topological polar surface area (TPSA) is 54.3 Å². The van der Waals surface area contributed by atoms with Gasteiger partial charge < -0.3 is 19.0 Å². The lowest BCUT2D eigenvalue weighted by Gasteiger charge is -2.24. The van der Waals surface area contributed by atoms with Gasteiger partial charge in [-0.05, 0) is 24.3 Å². The van der Waals surface area contributed by atoms with Crippen molar-refractivity contribution in [3.8, 4) is 11.8 Å². The number of nitrogens with one attached hydrogen (secondary N) is 1. The van der Waals surface area contributed by atoms with E-state index in [-0.39, 0.29) is 0 Å². The van der Waals surface area contributed by atoms with Crippen molar-refractivity contribution >= 4 is 28.0 Å². The fraction of sp³-hybridized carbons (Fsp3) is 0.190. The molecule has 128 valence electrons. The lowest BCUT2D eigenvalue weighted by Crippen LogP contribution is -2.36. The average molecular weight is 343 g/mol. The number of H-pyrrole nitrogens is 1. The summed E-state index contributed by atoms with van der Waals surface area (Å²) < 4.78 is 11.3. The predicted octanol–water partition coefficient (Wildman–Crippen LogP) is 3.55. The molecule has 0 unspecified atom stereocenters. The van der Waals surface area contributed by atoms with Crippen LogP contribution >= 0.6 is 0 Å². The maximum Gasteiger partial charge on any atom is 0.298 e. The van der Waals surface area contributed by atoms with E-state index >= 15 is 0 Å². The number of aromatic amines is 1. The number of nitrogens with zero attached hydrogens (tertiary/aromatic N) is 2. The Balaban J connectivity index is 1.46. The summed E-state index contributed by atoms with van der Waals surface area (Å²) in [5.74, 6) is 6.49.